The zero-order valence-corrected chi connectivity index (χ0v) is 10.3. The van der Waals surface area contributed by atoms with Gasteiger partial charge >= 0.3 is 0 Å². The average molecular weight is 235 g/mol. The van der Waals surface area contributed by atoms with E-state index in [-0.39, 0.29) is 12.6 Å². The summed E-state index contributed by atoms with van der Waals surface area (Å²) in [5, 5.41) is 21.9. The number of hydrogen-bond acceptors (Lipinski definition) is 3. The van der Waals surface area contributed by atoms with Crippen LogP contribution in [0.4, 0.5) is 0 Å². The van der Waals surface area contributed by atoms with Crippen LogP contribution in [0.15, 0.2) is 24.3 Å². The van der Waals surface area contributed by atoms with Crippen LogP contribution in [0.25, 0.3) is 0 Å². The van der Waals surface area contributed by atoms with Crippen molar-refractivity contribution in [2.75, 3.05) is 13.2 Å². The third kappa shape index (κ3) is 3.20. The number of rotatable bonds is 6. The van der Waals surface area contributed by atoms with Crippen LogP contribution in [-0.4, -0.2) is 23.4 Å². The minimum Gasteiger partial charge on any atom is -0.508 e. The summed E-state index contributed by atoms with van der Waals surface area (Å²) in [6.07, 6.45) is 3.33. The number of hydrogen-bond donors (Lipinski definition) is 3. The lowest BCUT2D eigenvalue weighted by atomic mass is 10.0. The molecule has 1 atom stereocenters. The van der Waals surface area contributed by atoms with Gasteiger partial charge in [-0.3, -0.25) is 0 Å². The van der Waals surface area contributed by atoms with E-state index in [1.54, 1.807) is 12.1 Å². The summed E-state index contributed by atoms with van der Waals surface area (Å²) < 4.78 is 0. The second kappa shape index (κ2) is 5.07. The Morgan fingerprint density at radius 1 is 1.41 bits per heavy atom. The molecule has 1 aromatic rings. The molecule has 3 nitrogen and oxygen atoms in total. The molecule has 17 heavy (non-hydrogen) atoms. The van der Waals surface area contributed by atoms with Crippen molar-refractivity contribution in [1.82, 2.24) is 5.32 Å². The molecule has 0 saturated heterocycles. The number of aromatic hydroxyl groups is 1. The van der Waals surface area contributed by atoms with Crippen molar-refractivity contribution in [2.24, 2.45) is 5.41 Å². The van der Waals surface area contributed by atoms with E-state index in [4.69, 9.17) is 5.11 Å². The highest BCUT2D eigenvalue weighted by Gasteiger charge is 2.41. The summed E-state index contributed by atoms with van der Waals surface area (Å²) in [6.45, 7) is 3.33. The normalized spacial score (nSPS) is 18.9. The van der Waals surface area contributed by atoms with Crippen LogP contribution in [0.1, 0.15) is 37.8 Å². The lowest BCUT2D eigenvalue weighted by molar-refractivity contribution is 0.243. The highest BCUT2D eigenvalue weighted by Crippen LogP contribution is 2.48. The molecule has 1 unspecified atom stereocenters. The van der Waals surface area contributed by atoms with Crippen LogP contribution >= 0.6 is 0 Å². The standard InChI is InChI=1S/C14H21NO2/c1-11(12-3-2-4-13(17)9-12)15-10-14(5-6-14)7-8-16/h2-4,9,11,15-17H,5-8,10H2,1H3. The Bertz CT molecular complexity index is 374. The van der Waals surface area contributed by atoms with Gasteiger partial charge in [-0.2, -0.15) is 0 Å². The molecule has 1 aromatic carbocycles. The Morgan fingerprint density at radius 2 is 2.18 bits per heavy atom. The summed E-state index contributed by atoms with van der Waals surface area (Å²) in [5.74, 6) is 0.313. The zero-order valence-electron chi connectivity index (χ0n) is 10.3. The summed E-state index contributed by atoms with van der Waals surface area (Å²) in [5.41, 5.74) is 1.43. The van der Waals surface area contributed by atoms with Crippen molar-refractivity contribution in [3.8, 4) is 5.75 Å². The van der Waals surface area contributed by atoms with E-state index in [0.29, 0.717) is 11.2 Å². The molecule has 0 spiro atoms. The predicted octanol–water partition coefficient (Wildman–Crippen LogP) is 2.21. The van der Waals surface area contributed by atoms with Crippen LogP contribution in [0, 0.1) is 5.41 Å². The monoisotopic (exact) mass is 235 g/mol. The molecule has 1 fully saturated rings. The molecular weight excluding hydrogens is 214 g/mol. The van der Waals surface area contributed by atoms with E-state index in [2.05, 4.69) is 12.2 Å². The van der Waals surface area contributed by atoms with E-state index in [1.165, 1.54) is 12.8 Å². The van der Waals surface area contributed by atoms with Gasteiger partial charge in [-0.15, -0.1) is 0 Å². The molecule has 1 aliphatic carbocycles. The topological polar surface area (TPSA) is 52.5 Å². The van der Waals surface area contributed by atoms with E-state index < -0.39 is 0 Å². The van der Waals surface area contributed by atoms with Gasteiger partial charge in [0.1, 0.15) is 5.75 Å². The molecule has 94 valence electrons. The van der Waals surface area contributed by atoms with Crippen LogP contribution < -0.4 is 5.32 Å². The number of phenols is 1. The fourth-order valence-corrected chi connectivity index (χ4v) is 2.21. The number of benzene rings is 1. The third-order valence-corrected chi connectivity index (χ3v) is 3.75. The van der Waals surface area contributed by atoms with Crippen LogP contribution in [0.2, 0.25) is 0 Å². The third-order valence-electron chi connectivity index (χ3n) is 3.75. The molecule has 0 radical (unpaired) electrons. The highest BCUT2D eigenvalue weighted by molar-refractivity contribution is 5.29. The van der Waals surface area contributed by atoms with Crippen LogP contribution in [-0.2, 0) is 0 Å². The van der Waals surface area contributed by atoms with Gasteiger partial charge in [0.15, 0.2) is 0 Å². The Balaban J connectivity index is 1.87. The average Bonchev–Trinajstić information content (AvgIpc) is 3.07. The smallest absolute Gasteiger partial charge is 0.115 e. The Kier molecular flexibility index (Phi) is 3.69. The minimum atomic E-state index is 0.235. The fourth-order valence-electron chi connectivity index (χ4n) is 2.21. The molecule has 0 bridgehead atoms. The Labute approximate surface area is 102 Å². The highest BCUT2D eigenvalue weighted by atomic mass is 16.3. The lowest BCUT2D eigenvalue weighted by Crippen LogP contribution is -2.27. The first-order valence-electron chi connectivity index (χ1n) is 6.28. The summed E-state index contributed by atoms with van der Waals surface area (Å²) in [7, 11) is 0. The van der Waals surface area contributed by atoms with Crippen molar-refractivity contribution >= 4 is 0 Å². The van der Waals surface area contributed by atoms with Crippen molar-refractivity contribution in [2.45, 2.75) is 32.2 Å². The van der Waals surface area contributed by atoms with E-state index in [9.17, 15) is 5.11 Å². The molecule has 2 rings (SSSR count). The molecule has 3 N–H and O–H groups in total. The molecule has 1 aliphatic rings. The molecule has 1 saturated carbocycles. The van der Waals surface area contributed by atoms with Crippen molar-refractivity contribution in [3.05, 3.63) is 29.8 Å². The Morgan fingerprint density at radius 3 is 2.76 bits per heavy atom. The first-order chi connectivity index (χ1) is 8.15. The summed E-state index contributed by atoms with van der Waals surface area (Å²) in [6, 6.07) is 7.60. The first kappa shape index (κ1) is 12.4. The fraction of sp³-hybridized carbons (Fsp3) is 0.571. The number of phenolic OH excluding ortho intramolecular Hbond substituents is 1. The van der Waals surface area contributed by atoms with Gasteiger partial charge in [-0.05, 0) is 49.3 Å². The van der Waals surface area contributed by atoms with Crippen LogP contribution in [0.5, 0.6) is 5.75 Å². The first-order valence-corrected chi connectivity index (χ1v) is 6.28. The van der Waals surface area contributed by atoms with E-state index >= 15 is 0 Å². The van der Waals surface area contributed by atoms with Crippen LogP contribution in [0.3, 0.4) is 0 Å². The predicted molar refractivity (Wildman–Crippen MR) is 67.9 cm³/mol. The molecule has 3 heteroatoms. The summed E-state index contributed by atoms with van der Waals surface area (Å²) in [4.78, 5) is 0. The minimum absolute atomic E-state index is 0.235. The molecule has 0 heterocycles. The van der Waals surface area contributed by atoms with Crippen molar-refractivity contribution in [3.63, 3.8) is 0 Å². The van der Waals surface area contributed by atoms with Gasteiger partial charge in [-0.1, -0.05) is 12.1 Å². The molecule has 0 amide bonds. The van der Waals surface area contributed by atoms with E-state index in [1.807, 2.05) is 12.1 Å². The molecule has 0 aromatic heterocycles. The van der Waals surface area contributed by atoms with Gasteiger partial charge in [0.2, 0.25) is 0 Å². The number of aliphatic hydroxyl groups excluding tert-OH is 1. The van der Waals surface area contributed by atoms with E-state index in [0.717, 1.165) is 18.5 Å². The van der Waals surface area contributed by atoms with Crippen molar-refractivity contribution < 1.29 is 10.2 Å². The van der Waals surface area contributed by atoms with Gasteiger partial charge < -0.3 is 15.5 Å². The lowest BCUT2D eigenvalue weighted by Gasteiger charge is -2.19. The molecule has 0 aliphatic heterocycles. The quantitative estimate of drug-likeness (QED) is 0.708. The van der Waals surface area contributed by atoms with Crippen molar-refractivity contribution in [1.29, 1.82) is 0 Å². The number of aliphatic hydroxyl groups is 1. The second-order valence-corrected chi connectivity index (χ2v) is 5.17. The SMILES string of the molecule is CC(NCC1(CCO)CC1)c1cccc(O)c1. The molecular formula is C14H21NO2. The van der Waals surface area contributed by atoms with Gasteiger partial charge in [0.25, 0.3) is 0 Å². The largest absolute Gasteiger partial charge is 0.508 e. The van der Waals surface area contributed by atoms with Gasteiger partial charge in [0.05, 0.1) is 0 Å². The maximum absolute atomic E-state index is 9.43. The Hall–Kier alpha value is -1.06. The maximum Gasteiger partial charge on any atom is 0.115 e. The van der Waals surface area contributed by atoms with Gasteiger partial charge in [-0.25, -0.2) is 0 Å². The number of nitrogens with one attached hydrogen (secondary N) is 1. The zero-order chi connectivity index (χ0) is 12.3. The second-order valence-electron chi connectivity index (χ2n) is 5.17. The maximum atomic E-state index is 9.43. The van der Waals surface area contributed by atoms with Gasteiger partial charge in [0, 0.05) is 19.2 Å². The summed E-state index contributed by atoms with van der Waals surface area (Å²) >= 11 is 0.